The first-order chi connectivity index (χ1) is 13.1. The van der Waals surface area contributed by atoms with Crippen molar-refractivity contribution >= 4 is 22.4 Å². The van der Waals surface area contributed by atoms with E-state index in [4.69, 9.17) is 14.2 Å². The minimum absolute atomic E-state index is 0.102. The second-order valence-electron chi connectivity index (χ2n) is 5.75. The van der Waals surface area contributed by atoms with Gasteiger partial charge in [0.1, 0.15) is 17.2 Å². The van der Waals surface area contributed by atoms with Crippen molar-refractivity contribution in [2.24, 2.45) is 0 Å². The molecule has 0 saturated heterocycles. The number of ether oxygens (including phenoxy) is 3. The fourth-order valence-corrected chi connectivity index (χ4v) is 3.18. The summed E-state index contributed by atoms with van der Waals surface area (Å²) in [4.78, 5) is 16.6. The van der Waals surface area contributed by atoms with Crippen molar-refractivity contribution in [1.29, 1.82) is 0 Å². The monoisotopic (exact) mass is 384 g/mol. The van der Waals surface area contributed by atoms with Gasteiger partial charge in [-0.05, 0) is 43.3 Å². The molecule has 1 aromatic heterocycles. The molecule has 3 aromatic rings. The van der Waals surface area contributed by atoms with Gasteiger partial charge < -0.3 is 14.2 Å². The van der Waals surface area contributed by atoms with Gasteiger partial charge in [-0.3, -0.25) is 10.1 Å². The van der Waals surface area contributed by atoms with E-state index in [9.17, 15) is 4.79 Å². The lowest BCUT2D eigenvalue weighted by Gasteiger charge is -2.07. The summed E-state index contributed by atoms with van der Waals surface area (Å²) in [6.07, 6.45) is 0. The van der Waals surface area contributed by atoms with Crippen molar-refractivity contribution in [2.45, 2.75) is 6.92 Å². The number of carbonyl (C=O) groups excluding carboxylic acids is 1. The van der Waals surface area contributed by atoms with Crippen LogP contribution in [0.2, 0.25) is 0 Å². The molecule has 0 atom stereocenters. The van der Waals surface area contributed by atoms with E-state index in [-0.39, 0.29) is 12.5 Å². The first-order valence-electron chi connectivity index (χ1n) is 8.26. The van der Waals surface area contributed by atoms with Gasteiger partial charge >= 0.3 is 0 Å². The predicted molar refractivity (Wildman–Crippen MR) is 106 cm³/mol. The Balaban J connectivity index is 1.61. The fraction of sp³-hybridized carbons (Fsp3) is 0.200. The summed E-state index contributed by atoms with van der Waals surface area (Å²) < 4.78 is 16.0. The van der Waals surface area contributed by atoms with Crippen LogP contribution in [-0.2, 0) is 4.79 Å². The topological polar surface area (TPSA) is 69.7 Å². The molecule has 1 amide bonds. The van der Waals surface area contributed by atoms with E-state index in [1.165, 1.54) is 11.3 Å². The highest BCUT2D eigenvalue weighted by atomic mass is 32.1. The maximum Gasteiger partial charge on any atom is 0.264 e. The lowest BCUT2D eigenvalue weighted by atomic mass is 10.1. The van der Waals surface area contributed by atoms with E-state index < -0.39 is 0 Å². The Bertz CT molecular complexity index is 922. The number of benzene rings is 2. The number of amides is 1. The van der Waals surface area contributed by atoms with Gasteiger partial charge in [0.25, 0.3) is 5.91 Å². The number of hydrogen-bond acceptors (Lipinski definition) is 6. The van der Waals surface area contributed by atoms with Crippen LogP contribution in [0.1, 0.15) is 5.56 Å². The molecule has 6 nitrogen and oxygen atoms in total. The summed E-state index contributed by atoms with van der Waals surface area (Å²) in [6, 6.07) is 12.9. The minimum Gasteiger partial charge on any atom is -0.497 e. The quantitative estimate of drug-likeness (QED) is 0.663. The van der Waals surface area contributed by atoms with Crippen molar-refractivity contribution in [3.05, 3.63) is 53.4 Å². The summed E-state index contributed by atoms with van der Waals surface area (Å²) in [5.74, 6) is 1.79. The predicted octanol–water partition coefficient (Wildman–Crippen LogP) is 4.15. The summed E-state index contributed by atoms with van der Waals surface area (Å²) in [7, 11) is 3.22. The molecule has 0 spiro atoms. The van der Waals surface area contributed by atoms with Crippen LogP contribution in [0.4, 0.5) is 5.13 Å². The number of anilines is 1. The molecule has 0 aliphatic carbocycles. The molecule has 0 saturated carbocycles. The number of hydrogen-bond donors (Lipinski definition) is 1. The number of aromatic nitrogens is 1. The standard InChI is InChI=1S/C20H20N2O4S/c1-13-4-9-18(25-3)16(10-13)17-12-27-20(21-17)22-19(23)11-26-15-7-5-14(24-2)6-8-15/h4-10,12H,11H2,1-3H3,(H,21,22,23). The molecule has 2 aromatic carbocycles. The van der Waals surface area contributed by atoms with Crippen LogP contribution in [0.25, 0.3) is 11.3 Å². The van der Waals surface area contributed by atoms with Crippen LogP contribution in [0, 0.1) is 6.92 Å². The molecule has 0 fully saturated rings. The van der Waals surface area contributed by atoms with Gasteiger partial charge in [0.15, 0.2) is 11.7 Å². The van der Waals surface area contributed by atoms with Crippen LogP contribution in [0.15, 0.2) is 47.8 Å². The lowest BCUT2D eigenvalue weighted by Crippen LogP contribution is -2.20. The number of thiazole rings is 1. The van der Waals surface area contributed by atoms with Crippen molar-refractivity contribution in [3.63, 3.8) is 0 Å². The van der Waals surface area contributed by atoms with E-state index in [1.54, 1.807) is 38.5 Å². The highest BCUT2D eigenvalue weighted by molar-refractivity contribution is 7.14. The van der Waals surface area contributed by atoms with Gasteiger partial charge in [0, 0.05) is 10.9 Å². The molecule has 7 heteroatoms. The van der Waals surface area contributed by atoms with E-state index in [0.29, 0.717) is 10.9 Å². The maximum absolute atomic E-state index is 12.1. The second kappa shape index (κ2) is 8.55. The van der Waals surface area contributed by atoms with Crippen LogP contribution >= 0.6 is 11.3 Å². The first-order valence-corrected chi connectivity index (χ1v) is 9.14. The van der Waals surface area contributed by atoms with Crippen molar-refractivity contribution < 1.29 is 19.0 Å². The first kappa shape index (κ1) is 18.7. The molecule has 0 bridgehead atoms. The number of carbonyl (C=O) groups is 1. The molecule has 0 radical (unpaired) electrons. The molecule has 140 valence electrons. The zero-order chi connectivity index (χ0) is 19.2. The fourth-order valence-electron chi connectivity index (χ4n) is 2.45. The third-order valence-corrected chi connectivity index (χ3v) is 4.57. The number of nitrogens with zero attached hydrogens (tertiary/aromatic N) is 1. The normalized spacial score (nSPS) is 10.3. The van der Waals surface area contributed by atoms with Crippen LogP contribution in [-0.4, -0.2) is 31.7 Å². The summed E-state index contributed by atoms with van der Waals surface area (Å²) in [5, 5.41) is 5.15. The Morgan fingerprint density at radius 1 is 1.07 bits per heavy atom. The zero-order valence-electron chi connectivity index (χ0n) is 15.3. The van der Waals surface area contributed by atoms with Gasteiger partial charge in [-0.2, -0.15) is 0 Å². The average molecular weight is 384 g/mol. The highest BCUT2D eigenvalue weighted by Gasteiger charge is 2.12. The van der Waals surface area contributed by atoms with Crippen molar-refractivity contribution in [3.8, 4) is 28.5 Å². The minimum atomic E-state index is -0.275. The lowest BCUT2D eigenvalue weighted by molar-refractivity contribution is -0.118. The molecule has 0 unspecified atom stereocenters. The van der Waals surface area contributed by atoms with Gasteiger partial charge in [-0.25, -0.2) is 4.98 Å². The Hall–Kier alpha value is -3.06. The highest BCUT2D eigenvalue weighted by Crippen LogP contribution is 2.32. The van der Waals surface area contributed by atoms with E-state index in [2.05, 4.69) is 10.3 Å². The van der Waals surface area contributed by atoms with Crippen molar-refractivity contribution in [2.75, 3.05) is 26.1 Å². The molecule has 1 N–H and O–H groups in total. The Morgan fingerprint density at radius 3 is 2.52 bits per heavy atom. The van der Waals surface area contributed by atoms with Gasteiger partial charge in [-0.1, -0.05) is 11.6 Å². The number of nitrogens with one attached hydrogen (secondary N) is 1. The molecule has 0 aliphatic rings. The van der Waals surface area contributed by atoms with Crippen LogP contribution in [0.5, 0.6) is 17.2 Å². The second-order valence-corrected chi connectivity index (χ2v) is 6.61. The van der Waals surface area contributed by atoms with Gasteiger partial charge in [0.2, 0.25) is 0 Å². The largest absolute Gasteiger partial charge is 0.497 e. The number of aryl methyl sites for hydroxylation is 1. The third kappa shape index (κ3) is 4.77. The maximum atomic E-state index is 12.1. The van der Waals surface area contributed by atoms with E-state index >= 15 is 0 Å². The van der Waals surface area contributed by atoms with Crippen LogP contribution < -0.4 is 19.5 Å². The van der Waals surface area contributed by atoms with E-state index in [1.807, 2.05) is 30.5 Å². The summed E-state index contributed by atoms with van der Waals surface area (Å²) >= 11 is 1.35. The van der Waals surface area contributed by atoms with Gasteiger partial charge in [-0.15, -0.1) is 11.3 Å². The smallest absolute Gasteiger partial charge is 0.264 e. The Kier molecular flexibility index (Phi) is 5.93. The Labute approximate surface area is 161 Å². The zero-order valence-corrected chi connectivity index (χ0v) is 16.1. The molecule has 3 rings (SSSR count). The number of rotatable bonds is 7. The van der Waals surface area contributed by atoms with Gasteiger partial charge in [0.05, 0.1) is 19.9 Å². The molecular formula is C20H20N2O4S. The molecule has 0 aliphatic heterocycles. The Morgan fingerprint density at radius 2 is 1.81 bits per heavy atom. The van der Waals surface area contributed by atoms with E-state index in [0.717, 1.165) is 28.3 Å². The third-order valence-electron chi connectivity index (χ3n) is 3.81. The van der Waals surface area contributed by atoms with Crippen LogP contribution in [0.3, 0.4) is 0 Å². The molecular weight excluding hydrogens is 364 g/mol. The average Bonchev–Trinajstić information content (AvgIpc) is 3.15. The number of methoxy groups -OCH3 is 2. The van der Waals surface area contributed by atoms with Crippen molar-refractivity contribution in [1.82, 2.24) is 4.98 Å². The summed E-state index contributed by atoms with van der Waals surface area (Å²) in [5.41, 5.74) is 2.76. The SMILES string of the molecule is COc1ccc(OCC(=O)Nc2nc(-c3cc(C)ccc3OC)cs2)cc1. The summed E-state index contributed by atoms with van der Waals surface area (Å²) in [6.45, 7) is 1.91. The molecule has 1 heterocycles. The molecule has 27 heavy (non-hydrogen) atoms.